The lowest BCUT2D eigenvalue weighted by Crippen LogP contribution is -2.15. The number of hydrogen-bond donors (Lipinski definition) is 2. The van der Waals surface area contributed by atoms with Crippen LogP contribution in [0.4, 0.5) is 0 Å². The van der Waals surface area contributed by atoms with Crippen molar-refractivity contribution in [2.45, 2.75) is 19.8 Å². The minimum Gasteiger partial charge on any atom is -0.396 e. The van der Waals surface area contributed by atoms with E-state index in [4.69, 9.17) is 5.11 Å². The molecule has 0 bridgehead atoms. The maximum atomic E-state index is 8.41. The first-order valence-electron chi connectivity index (χ1n) is 3.88. The topological polar surface area (TPSA) is 32.3 Å². The van der Waals surface area contributed by atoms with Gasteiger partial charge in [-0.1, -0.05) is 19.1 Å². The molecule has 2 heteroatoms. The second-order valence-electron chi connectivity index (χ2n) is 2.16. The number of hydrogen-bond acceptors (Lipinski definition) is 2. The summed E-state index contributed by atoms with van der Waals surface area (Å²) in [7, 11) is 0. The van der Waals surface area contributed by atoms with E-state index < -0.39 is 0 Å². The Labute approximate surface area is 62.9 Å². The summed E-state index contributed by atoms with van der Waals surface area (Å²) in [6, 6.07) is 0. The number of rotatable bonds is 6. The Morgan fingerprint density at radius 1 is 1.40 bits per heavy atom. The quantitative estimate of drug-likeness (QED) is 0.428. The number of allylic oxidation sites excluding steroid dienone is 1. The van der Waals surface area contributed by atoms with Crippen LogP contribution >= 0.6 is 0 Å². The summed E-state index contributed by atoms with van der Waals surface area (Å²) < 4.78 is 0. The number of aliphatic hydroxyl groups excluding tert-OH is 1. The highest BCUT2D eigenvalue weighted by molar-refractivity contribution is 4.81. The molecule has 0 unspecified atom stereocenters. The predicted octanol–water partition coefficient (Wildman–Crippen LogP) is 0.925. The van der Waals surface area contributed by atoms with E-state index in [-0.39, 0.29) is 6.61 Å². The Kier molecular flexibility index (Phi) is 8.37. The average Bonchev–Trinajstić information content (AvgIpc) is 1.97. The minimum atomic E-state index is 0.282. The van der Waals surface area contributed by atoms with Gasteiger partial charge in [-0.05, 0) is 19.4 Å². The lowest BCUT2D eigenvalue weighted by molar-refractivity contribution is 0.287. The lowest BCUT2D eigenvalue weighted by Gasteiger charge is -1.96. The van der Waals surface area contributed by atoms with Gasteiger partial charge in [0.1, 0.15) is 0 Å². The highest BCUT2D eigenvalue weighted by Crippen LogP contribution is 1.77. The molecule has 0 atom stereocenters. The molecule has 0 aromatic carbocycles. The molecule has 0 amide bonds. The second-order valence-corrected chi connectivity index (χ2v) is 2.16. The fourth-order valence-corrected chi connectivity index (χ4v) is 0.639. The van der Waals surface area contributed by atoms with E-state index >= 15 is 0 Å². The monoisotopic (exact) mass is 143 g/mol. The predicted molar refractivity (Wildman–Crippen MR) is 44.0 cm³/mol. The first-order chi connectivity index (χ1) is 4.91. The molecule has 0 aliphatic heterocycles. The summed E-state index contributed by atoms with van der Waals surface area (Å²) in [5.74, 6) is 0. The fraction of sp³-hybridized carbons (Fsp3) is 0.750. The van der Waals surface area contributed by atoms with Crippen LogP contribution < -0.4 is 5.32 Å². The zero-order valence-electron chi connectivity index (χ0n) is 6.64. The van der Waals surface area contributed by atoms with Crippen LogP contribution in [0.5, 0.6) is 0 Å². The van der Waals surface area contributed by atoms with Gasteiger partial charge in [-0.3, -0.25) is 0 Å². The summed E-state index contributed by atoms with van der Waals surface area (Å²) in [5, 5.41) is 11.6. The van der Waals surface area contributed by atoms with Crippen molar-refractivity contribution in [1.82, 2.24) is 5.32 Å². The molecule has 0 fully saturated rings. The van der Waals surface area contributed by atoms with Crippen molar-refractivity contribution in [3.63, 3.8) is 0 Å². The molecular formula is C8H17NO. The van der Waals surface area contributed by atoms with Gasteiger partial charge in [0.15, 0.2) is 0 Å². The van der Waals surface area contributed by atoms with E-state index in [0.717, 1.165) is 25.9 Å². The highest BCUT2D eigenvalue weighted by Gasteiger charge is 1.80. The maximum Gasteiger partial charge on any atom is 0.0443 e. The van der Waals surface area contributed by atoms with Crippen molar-refractivity contribution in [2.75, 3.05) is 19.7 Å². The largest absolute Gasteiger partial charge is 0.396 e. The third kappa shape index (κ3) is 7.66. The molecule has 0 radical (unpaired) electrons. The Hall–Kier alpha value is -0.340. The minimum absolute atomic E-state index is 0.282. The Balaban J connectivity index is 2.83. The van der Waals surface area contributed by atoms with E-state index in [1.165, 1.54) is 0 Å². The zero-order valence-corrected chi connectivity index (χ0v) is 6.64. The smallest absolute Gasteiger partial charge is 0.0443 e. The summed E-state index contributed by atoms with van der Waals surface area (Å²) in [4.78, 5) is 0. The van der Waals surface area contributed by atoms with Crippen LogP contribution in [0.1, 0.15) is 19.8 Å². The maximum absolute atomic E-state index is 8.41. The molecule has 0 spiro atoms. The molecule has 0 saturated heterocycles. The van der Waals surface area contributed by atoms with Gasteiger partial charge in [0.2, 0.25) is 0 Å². The molecule has 0 aliphatic rings. The van der Waals surface area contributed by atoms with Crippen LogP contribution in [-0.4, -0.2) is 24.8 Å². The van der Waals surface area contributed by atoms with E-state index in [1.807, 2.05) is 0 Å². The molecule has 0 aromatic rings. The molecule has 2 nitrogen and oxygen atoms in total. The van der Waals surface area contributed by atoms with Gasteiger partial charge in [0.05, 0.1) is 0 Å². The van der Waals surface area contributed by atoms with Crippen LogP contribution in [0.2, 0.25) is 0 Å². The SMILES string of the molecule is CC/C=C/CNCCCO. The standard InChI is InChI=1S/C8H17NO/c1-2-3-4-6-9-7-5-8-10/h3-4,9-10H,2,5-8H2,1H3/b4-3+. The molecule has 0 aliphatic carbocycles. The first kappa shape index (κ1) is 9.66. The normalized spacial score (nSPS) is 11.0. The Morgan fingerprint density at radius 3 is 2.80 bits per heavy atom. The Morgan fingerprint density at radius 2 is 2.20 bits per heavy atom. The van der Waals surface area contributed by atoms with Crippen molar-refractivity contribution in [1.29, 1.82) is 0 Å². The third-order valence-electron chi connectivity index (χ3n) is 1.18. The van der Waals surface area contributed by atoms with Crippen LogP contribution in [0, 0.1) is 0 Å². The molecule has 10 heavy (non-hydrogen) atoms. The van der Waals surface area contributed by atoms with Gasteiger partial charge >= 0.3 is 0 Å². The molecule has 0 rings (SSSR count). The second kappa shape index (κ2) is 8.66. The molecule has 60 valence electrons. The van der Waals surface area contributed by atoms with Crippen molar-refractivity contribution in [3.05, 3.63) is 12.2 Å². The first-order valence-corrected chi connectivity index (χ1v) is 3.88. The van der Waals surface area contributed by atoms with Gasteiger partial charge in [0, 0.05) is 13.2 Å². The summed E-state index contributed by atoms with van der Waals surface area (Å²) in [6.07, 6.45) is 6.19. The van der Waals surface area contributed by atoms with E-state index in [0.29, 0.717) is 0 Å². The van der Waals surface area contributed by atoms with Gasteiger partial charge in [-0.2, -0.15) is 0 Å². The number of aliphatic hydroxyl groups is 1. The van der Waals surface area contributed by atoms with Gasteiger partial charge in [-0.25, -0.2) is 0 Å². The zero-order chi connectivity index (χ0) is 7.66. The van der Waals surface area contributed by atoms with Crippen molar-refractivity contribution in [2.24, 2.45) is 0 Å². The van der Waals surface area contributed by atoms with E-state index in [2.05, 4.69) is 24.4 Å². The van der Waals surface area contributed by atoms with Gasteiger partial charge < -0.3 is 10.4 Å². The lowest BCUT2D eigenvalue weighted by atomic mass is 10.4. The summed E-state index contributed by atoms with van der Waals surface area (Å²) in [5.41, 5.74) is 0. The summed E-state index contributed by atoms with van der Waals surface area (Å²) >= 11 is 0. The molecule has 2 N–H and O–H groups in total. The van der Waals surface area contributed by atoms with Crippen molar-refractivity contribution in [3.8, 4) is 0 Å². The van der Waals surface area contributed by atoms with Crippen LogP contribution in [0.15, 0.2) is 12.2 Å². The van der Waals surface area contributed by atoms with Gasteiger partial charge in [0.25, 0.3) is 0 Å². The van der Waals surface area contributed by atoms with Crippen LogP contribution in [0.3, 0.4) is 0 Å². The highest BCUT2D eigenvalue weighted by atomic mass is 16.3. The van der Waals surface area contributed by atoms with E-state index in [9.17, 15) is 0 Å². The van der Waals surface area contributed by atoms with Crippen LogP contribution in [-0.2, 0) is 0 Å². The summed E-state index contributed by atoms with van der Waals surface area (Å²) in [6.45, 7) is 4.23. The number of nitrogens with one attached hydrogen (secondary N) is 1. The average molecular weight is 143 g/mol. The molecular weight excluding hydrogens is 126 g/mol. The van der Waals surface area contributed by atoms with Crippen LogP contribution in [0.25, 0.3) is 0 Å². The molecule has 0 saturated carbocycles. The van der Waals surface area contributed by atoms with E-state index in [1.54, 1.807) is 0 Å². The Bertz CT molecular complexity index is 81.3. The van der Waals surface area contributed by atoms with Gasteiger partial charge in [-0.15, -0.1) is 0 Å². The molecule has 0 heterocycles. The van der Waals surface area contributed by atoms with Crippen molar-refractivity contribution >= 4 is 0 Å². The molecule has 0 aromatic heterocycles. The van der Waals surface area contributed by atoms with Crippen molar-refractivity contribution < 1.29 is 5.11 Å². The fourth-order valence-electron chi connectivity index (χ4n) is 0.639. The third-order valence-corrected chi connectivity index (χ3v) is 1.18.